The molecule has 0 amide bonds. The Balaban J connectivity index is 1.10. The van der Waals surface area contributed by atoms with E-state index in [0.29, 0.717) is 0 Å². The van der Waals surface area contributed by atoms with Crippen molar-refractivity contribution in [2.75, 3.05) is 0 Å². The largest absolute Gasteiger partial charge is 0.309 e. The zero-order chi connectivity index (χ0) is 37.0. The van der Waals surface area contributed by atoms with Crippen LogP contribution < -0.4 is 0 Å². The summed E-state index contributed by atoms with van der Waals surface area (Å²) in [6, 6.07) is 66.5. The molecule has 5 heteroatoms. The van der Waals surface area contributed by atoms with Crippen molar-refractivity contribution >= 4 is 43.7 Å². The second-order valence-corrected chi connectivity index (χ2v) is 14.1. The summed E-state index contributed by atoms with van der Waals surface area (Å²) in [6.07, 6.45) is 3.70. The average molecular weight is 716 g/mol. The zero-order valence-electron chi connectivity index (χ0n) is 30.3. The van der Waals surface area contributed by atoms with Crippen LogP contribution in [0.3, 0.4) is 0 Å². The van der Waals surface area contributed by atoms with Gasteiger partial charge in [-0.25, -0.2) is 4.98 Å². The maximum Gasteiger partial charge on any atom is 0.0963 e. The number of nitrogens with zero attached hydrogens (tertiary/aromatic N) is 5. The van der Waals surface area contributed by atoms with Crippen molar-refractivity contribution in [1.29, 1.82) is 0 Å². The molecule has 0 spiro atoms. The van der Waals surface area contributed by atoms with Crippen LogP contribution in [0.1, 0.15) is 0 Å². The molecule has 6 aromatic carbocycles. The number of pyridine rings is 3. The first kappa shape index (κ1) is 31.9. The van der Waals surface area contributed by atoms with E-state index in [1.165, 1.54) is 16.3 Å². The van der Waals surface area contributed by atoms with Crippen LogP contribution in [0, 0.1) is 0 Å². The van der Waals surface area contributed by atoms with Crippen molar-refractivity contribution in [3.8, 4) is 56.3 Å². The highest BCUT2D eigenvalue weighted by molar-refractivity contribution is 6.17. The van der Waals surface area contributed by atoms with E-state index in [-0.39, 0.29) is 0 Å². The van der Waals surface area contributed by atoms with Crippen molar-refractivity contribution in [3.05, 3.63) is 200 Å². The van der Waals surface area contributed by atoms with Gasteiger partial charge >= 0.3 is 0 Å². The SMILES string of the molecule is c1ccc(-c2cc(-c3cccc(-n4c5ccccc5c5c(-c6ccc7c8ncccc8n(-c8ccccc8)c7c6)cccc54)c3)cc(-c3ccccn3)n2)cc1. The predicted molar refractivity (Wildman–Crippen MR) is 230 cm³/mol. The maximum atomic E-state index is 5.07. The maximum absolute atomic E-state index is 5.07. The standard InChI is InChI=1S/C51H33N5/c1-3-14-34(15-4-1)44-31-37(32-45(54-44)43-22-9-10-28-52-43)35-16-11-19-39(30-35)56-46-23-8-7-20-41(46)50-40(21-12-24-47(50)56)36-26-27-42-49(33-36)55(38-17-5-2-6-18-38)48-25-13-29-53-51(42)48/h1-33H. The van der Waals surface area contributed by atoms with Gasteiger partial charge in [0.05, 0.1) is 44.7 Å². The first-order chi connectivity index (χ1) is 27.8. The molecule has 0 aliphatic heterocycles. The van der Waals surface area contributed by atoms with E-state index in [4.69, 9.17) is 9.97 Å². The Morgan fingerprint density at radius 3 is 1.91 bits per heavy atom. The molecule has 0 unspecified atom stereocenters. The second-order valence-electron chi connectivity index (χ2n) is 14.1. The van der Waals surface area contributed by atoms with Crippen LogP contribution >= 0.6 is 0 Å². The van der Waals surface area contributed by atoms with Crippen molar-refractivity contribution in [2.45, 2.75) is 0 Å². The number of aromatic nitrogens is 5. The molecule has 0 fully saturated rings. The van der Waals surface area contributed by atoms with Crippen LogP contribution in [0.2, 0.25) is 0 Å². The van der Waals surface area contributed by atoms with Gasteiger partial charge in [-0.1, -0.05) is 103 Å². The van der Waals surface area contributed by atoms with E-state index in [1.54, 1.807) is 0 Å². The van der Waals surface area contributed by atoms with E-state index in [1.807, 2.05) is 42.7 Å². The van der Waals surface area contributed by atoms with Crippen LogP contribution in [-0.4, -0.2) is 24.1 Å². The van der Waals surface area contributed by atoms with Gasteiger partial charge in [0.2, 0.25) is 0 Å². The van der Waals surface area contributed by atoms with Gasteiger partial charge in [-0.15, -0.1) is 0 Å². The first-order valence-electron chi connectivity index (χ1n) is 18.9. The van der Waals surface area contributed by atoms with Gasteiger partial charge in [0, 0.05) is 45.5 Å². The highest BCUT2D eigenvalue weighted by atomic mass is 15.0. The number of para-hydroxylation sites is 2. The monoisotopic (exact) mass is 715 g/mol. The van der Waals surface area contributed by atoms with Crippen molar-refractivity contribution in [2.24, 2.45) is 0 Å². The van der Waals surface area contributed by atoms with Crippen molar-refractivity contribution in [1.82, 2.24) is 24.1 Å². The third-order valence-corrected chi connectivity index (χ3v) is 10.8. The number of rotatable bonds is 6. The Morgan fingerprint density at radius 2 is 1.04 bits per heavy atom. The Morgan fingerprint density at radius 1 is 0.339 bits per heavy atom. The molecule has 11 aromatic rings. The lowest BCUT2D eigenvalue weighted by molar-refractivity contribution is 1.17. The summed E-state index contributed by atoms with van der Waals surface area (Å²) in [7, 11) is 0. The van der Waals surface area contributed by atoms with Crippen LogP contribution in [0.5, 0.6) is 0 Å². The third kappa shape index (κ3) is 5.21. The quantitative estimate of drug-likeness (QED) is 0.172. The molecular formula is C51H33N5. The lowest BCUT2D eigenvalue weighted by atomic mass is 9.98. The van der Waals surface area contributed by atoms with Crippen LogP contribution in [0.15, 0.2) is 200 Å². The van der Waals surface area contributed by atoms with Crippen molar-refractivity contribution < 1.29 is 0 Å². The van der Waals surface area contributed by atoms with Crippen molar-refractivity contribution in [3.63, 3.8) is 0 Å². The highest BCUT2D eigenvalue weighted by Gasteiger charge is 2.19. The molecule has 0 aliphatic carbocycles. The van der Waals surface area contributed by atoms with Gasteiger partial charge in [-0.2, -0.15) is 0 Å². The van der Waals surface area contributed by atoms with Gasteiger partial charge < -0.3 is 9.13 Å². The average Bonchev–Trinajstić information content (AvgIpc) is 3.80. The summed E-state index contributed by atoms with van der Waals surface area (Å²) in [5, 5.41) is 3.57. The summed E-state index contributed by atoms with van der Waals surface area (Å²) < 4.78 is 4.73. The van der Waals surface area contributed by atoms with Gasteiger partial charge in [0.1, 0.15) is 0 Å². The molecular weight excluding hydrogens is 683 g/mol. The van der Waals surface area contributed by atoms with Crippen LogP contribution in [0.4, 0.5) is 0 Å². The lowest BCUT2D eigenvalue weighted by Crippen LogP contribution is -1.96. The van der Waals surface area contributed by atoms with Gasteiger partial charge in [-0.05, 0) is 107 Å². The zero-order valence-corrected chi connectivity index (χ0v) is 30.3. The van der Waals surface area contributed by atoms with E-state index < -0.39 is 0 Å². The molecule has 0 aliphatic rings. The summed E-state index contributed by atoms with van der Waals surface area (Å²) in [5.41, 5.74) is 15.9. The van der Waals surface area contributed by atoms with Gasteiger partial charge in [0.15, 0.2) is 0 Å². The number of benzene rings is 6. The summed E-state index contributed by atoms with van der Waals surface area (Å²) in [5.74, 6) is 0. The fraction of sp³-hybridized carbons (Fsp3) is 0. The second kappa shape index (κ2) is 13.0. The number of hydrogen-bond acceptors (Lipinski definition) is 3. The molecule has 0 saturated heterocycles. The normalized spacial score (nSPS) is 11.6. The topological polar surface area (TPSA) is 48.5 Å². The predicted octanol–water partition coefficient (Wildman–Crippen LogP) is 12.7. The summed E-state index contributed by atoms with van der Waals surface area (Å²) >= 11 is 0. The Hall–Kier alpha value is -7.63. The molecule has 11 rings (SSSR count). The van der Waals surface area contributed by atoms with Gasteiger partial charge in [0.25, 0.3) is 0 Å². The molecule has 5 nitrogen and oxygen atoms in total. The minimum Gasteiger partial charge on any atom is -0.309 e. The molecule has 5 aromatic heterocycles. The Labute approximate surface area is 323 Å². The van der Waals surface area contributed by atoms with E-state index in [2.05, 4.69) is 172 Å². The summed E-state index contributed by atoms with van der Waals surface area (Å²) in [4.78, 5) is 14.6. The van der Waals surface area contributed by atoms with E-state index in [0.717, 1.165) is 83.7 Å². The molecule has 0 radical (unpaired) electrons. The third-order valence-electron chi connectivity index (χ3n) is 10.8. The number of fused-ring (bicyclic) bond motifs is 6. The fourth-order valence-corrected chi connectivity index (χ4v) is 8.32. The lowest BCUT2D eigenvalue weighted by Gasteiger charge is -2.13. The minimum atomic E-state index is 0.841. The van der Waals surface area contributed by atoms with E-state index in [9.17, 15) is 0 Å². The molecule has 0 N–H and O–H groups in total. The fourth-order valence-electron chi connectivity index (χ4n) is 8.32. The molecule has 262 valence electrons. The molecule has 5 heterocycles. The smallest absolute Gasteiger partial charge is 0.0963 e. The molecule has 56 heavy (non-hydrogen) atoms. The highest BCUT2D eigenvalue weighted by Crippen LogP contribution is 2.41. The molecule has 0 atom stereocenters. The van der Waals surface area contributed by atoms with Gasteiger partial charge in [-0.3, -0.25) is 9.97 Å². The van der Waals surface area contributed by atoms with E-state index >= 15 is 0 Å². The minimum absolute atomic E-state index is 0.841. The number of hydrogen-bond donors (Lipinski definition) is 0. The van der Waals surface area contributed by atoms with Crippen LogP contribution in [0.25, 0.3) is 100 Å². The molecule has 0 bridgehead atoms. The summed E-state index contributed by atoms with van der Waals surface area (Å²) in [6.45, 7) is 0. The first-order valence-corrected chi connectivity index (χ1v) is 18.9. The molecule has 0 saturated carbocycles. The van der Waals surface area contributed by atoms with Crippen LogP contribution in [-0.2, 0) is 0 Å². The Kier molecular flexibility index (Phi) is 7.42. The Bertz CT molecular complexity index is 3180.